The summed E-state index contributed by atoms with van der Waals surface area (Å²) in [6, 6.07) is -4.71. The number of urea groups is 1. The first kappa shape index (κ1) is 15.2. The number of hydrogen-bond donors (Lipinski definition) is 3. The van der Waals surface area contributed by atoms with Crippen LogP contribution in [0.15, 0.2) is 6.20 Å². The summed E-state index contributed by atoms with van der Waals surface area (Å²) in [4.78, 5) is 35.5. The number of nitrogens with zero attached hydrogens (tertiary/aromatic N) is 4. The first-order valence-corrected chi connectivity index (χ1v) is 7.35. The molecule has 2 aliphatic heterocycles. The molecule has 13 nitrogen and oxygen atoms in total. The molecule has 1 fully saturated rings. The zero-order valence-electron chi connectivity index (χ0n) is 11.1. The first-order chi connectivity index (χ1) is 10.6. The molecular weight excluding hydrogens is 338 g/mol. The average Bonchev–Trinajstić information content (AvgIpc) is 2.94. The number of fused-ring (bicyclic) bond motifs is 4. The number of rotatable bonds is 3. The van der Waals surface area contributed by atoms with Gasteiger partial charge in [0.1, 0.15) is 11.7 Å². The van der Waals surface area contributed by atoms with Crippen molar-refractivity contribution in [1.82, 2.24) is 19.7 Å². The van der Waals surface area contributed by atoms with E-state index < -0.39 is 40.5 Å². The summed E-state index contributed by atoms with van der Waals surface area (Å²) >= 11 is 0. The fourth-order valence-electron chi connectivity index (χ4n) is 2.60. The summed E-state index contributed by atoms with van der Waals surface area (Å²) in [6.45, 7) is -0.233. The van der Waals surface area contributed by atoms with Crippen LogP contribution in [0.25, 0.3) is 0 Å². The van der Waals surface area contributed by atoms with Crippen molar-refractivity contribution >= 4 is 28.4 Å². The molecule has 2 atom stereocenters. The van der Waals surface area contributed by atoms with Crippen LogP contribution in [0.5, 0.6) is 0 Å². The van der Waals surface area contributed by atoms with Crippen molar-refractivity contribution in [3.8, 4) is 0 Å². The predicted octanol–water partition coefficient (Wildman–Crippen LogP) is -1.54. The first-order valence-electron chi connectivity index (χ1n) is 5.99. The molecule has 0 unspecified atom stereocenters. The van der Waals surface area contributed by atoms with Crippen molar-refractivity contribution in [2.75, 3.05) is 6.54 Å². The topological polar surface area (TPSA) is 185 Å². The summed E-state index contributed by atoms with van der Waals surface area (Å²) < 4.78 is 35.4. The number of primary amides is 1. The SMILES string of the molecule is NC(=O)n1cc2c(n1)[C@@H](C(=O)O)N1C[C@@H]2N(OS(=O)(=O)O)C1=O. The van der Waals surface area contributed by atoms with Gasteiger partial charge < -0.3 is 15.7 Å². The van der Waals surface area contributed by atoms with Crippen LogP contribution in [0.2, 0.25) is 0 Å². The molecule has 4 N–H and O–H groups in total. The zero-order valence-corrected chi connectivity index (χ0v) is 11.9. The molecule has 14 heteroatoms. The zero-order chi connectivity index (χ0) is 17.1. The lowest BCUT2D eigenvalue weighted by molar-refractivity contribution is -0.142. The van der Waals surface area contributed by atoms with E-state index in [1.165, 1.54) is 0 Å². The molecule has 0 saturated carbocycles. The normalized spacial score (nSPS) is 23.1. The van der Waals surface area contributed by atoms with Crippen LogP contribution in [0, 0.1) is 0 Å². The fourth-order valence-corrected chi connectivity index (χ4v) is 2.98. The number of carboxylic acid groups (broad SMARTS) is 1. The number of amides is 3. The lowest BCUT2D eigenvalue weighted by Gasteiger charge is -2.25. The Balaban J connectivity index is 2.13. The molecule has 0 aliphatic carbocycles. The van der Waals surface area contributed by atoms with Crippen LogP contribution >= 0.6 is 0 Å². The minimum Gasteiger partial charge on any atom is -0.479 e. The van der Waals surface area contributed by atoms with Gasteiger partial charge in [-0.25, -0.2) is 14.4 Å². The van der Waals surface area contributed by atoms with E-state index in [2.05, 4.69) is 9.38 Å². The van der Waals surface area contributed by atoms with Gasteiger partial charge in [0.15, 0.2) is 6.04 Å². The number of nitrogens with two attached hydrogens (primary N) is 1. The Morgan fingerprint density at radius 1 is 1.43 bits per heavy atom. The highest BCUT2D eigenvalue weighted by molar-refractivity contribution is 7.80. The highest BCUT2D eigenvalue weighted by atomic mass is 32.3. The van der Waals surface area contributed by atoms with Crippen LogP contribution in [-0.4, -0.2) is 62.4 Å². The predicted molar refractivity (Wildman–Crippen MR) is 66.9 cm³/mol. The molecule has 2 bridgehead atoms. The second kappa shape index (κ2) is 4.64. The summed E-state index contributed by atoms with van der Waals surface area (Å²) in [5, 5.41) is 13.3. The average molecular weight is 347 g/mol. The molecule has 0 radical (unpaired) electrons. The quantitative estimate of drug-likeness (QED) is 0.545. The van der Waals surface area contributed by atoms with Crippen LogP contribution in [-0.2, 0) is 19.5 Å². The van der Waals surface area contributed by atoms with Gasteiger partial charge in [-0.05, 0) is 0 Å². The van der Waals surface area contributed by atoms with Crippen molar-refractivity contribution in [3.05, 3.63) is 17.5 Å². The maximum Gasteiger partial charge on any atom is 0.418 e. The van der Waals surface area contributed by atoms with Gasteiger partial charge in [-0.3, -0.25) is 4.55 Å². The number of hydroxylamine groups is 2. The highest BCUT2D eigenvalue weighted by Crippen LogP contribution is 2.43. The standard InChI is InChI=1S/C9H9N5O8S/c10-8(17)13-1-3-4-2-12(6(7(15)16)5(3)11-13)9(18)14(4)22-23(19,20)21/h1,4,6H,2H2,(H2,10,17)(H,15,16)(H,19,20,21)/t4-,6-/m0/s1. The van der Waals surface area contributed by atoms with Crippen molar-refractivity contribution < 1.29 is 36.7 Å². The number of aromatic nitrogens is 2. The Hall–Kier alpha value is -2.71. The Labute approximate surface area is 127 Å². The summed E-state index contributed by atoms with van der Waals surface area (Å²) in [5.74, 6) is -1.44. The number of carbonyl (C=O) groups excluding carboxylic acids is 2. The van der Waals surface area contributed by atoms with E-state index in [9.17, 15) is 27.9 Å². The molecule has 124 valence electrons. The third-order valence-electron chi connectivity index (χ3n) is 3.42. The van der Waals surface area contributed by atoms with E-state index >= 15 is 0 Å². The molecule has 1 saturated heterocycles. The number of aliphatic carboxylic acids is 1. The molecule has 3 heterocycles. The van der Waals surface area contributed by atoms with Gasteiger partial charge in [0.25, 0.3) is 0 Å². The number of hydrogen-bond acceptors (Lipinski definition) is 7. The maximum absolute atomic E-state index is 12.1. The van der Waals surface area contributed by atoms with Gasteiger partial charge in [0, 0.05) is 11.8 Å². The van der Waals surface area contributed by atoms with Gasteiger partial charge in [-0.2, -0.15) is 23.3 Å². The van der Waals surface area contributed by atoms with Crippen LogP contribution < -0.4 is 5.73 Å². The summed E-state index contributed by atoms with van der Waals surface area (Å²) in [5.41, 5.74) is 4.98. The second-order valence-electron chi connectivity index (χ2n) is 4.77. The van der Waals surface area contributed by atoms with Crippen LogP contribution in [0.3, 0.4) is 0 Å². The maximum atomic E-state index is 12.1. The van der Waals surface area contributed by atoms with Gasteiger partial charge in [0.05, 0.1) is 6.54 Å². The molecule has 1 aromatic heterocycles. The second-order valence-corrected chi connectivity index (χ2v) is 5.78. The molecule has 0 spiro atoms. The van der Waals surface area contributed by atoms with E-state index in [-0.39, 0.29) is 17.8 Å². The third kappa shape index (κ3) is 2.28. The van der Waals surface area contributed by atoms with Gasteiger partial charge in [0.2, 0.25) is 0 Å². The summed E-state index contributed by atoms with van der Waals surface area (Å²) in [6.07, 6.45) is 1.08. The Bertz CT molecular complexity index is 831. The fraction of sp³-hybridized carbons (Fsp3) is 0.333. The molecule has 1 aromatic rings. The van der Waals surface area contributed by atoms with Crippen LogP contribution in [0.4, 0.5) is 9.59 Å². The molecule has 3 amide bonds. The minimum atomic E-state index is -5.02. The number of carboxylic acids is 1. The van der Waals surface area contributed by atoms with Crippen molar-refractivity contribution in [2.45, 2.75) is 12.1 Å². The van der Waals surface area contributed by atoms with E-state index in [1.807, 2.05) is 0 Å². The minimum absolute atomic E-state index is 0.0713. The van der Waals surface area contributed by atoms with E-state index in [4.69, 9.17) is 10.3 Å². The molecule has 0 aromatic carbocycles. The monoisotopic (exact) mass is 347 g/mol. The molecular formula is C9H9N5O8S. The van der Waals surface area contributed by atoms with Crippen LogP contribution in [0.1, 0.15) is 23.3 Å². The van der Waals surface area contributed by atoms with Gasteiger partial charge in [-0.1, -0.05) is 0 Å². The van der Waals surface area contributed by atoms with Gasteiger partial charge in [-0.15, -0.1) is 4.28 Å². The third-order valence-corrected chi connectivity index (χ3v) is 3.77. The smallest absolute Gasteiger partial charge is 0.418 e. The summed E-state index contributed by atoms with van der Waals surface area (Å²) in [7, 11) is -5.02. The highest BCUT2D eigenvalue weighted by Gasteiger charge is 2.54. The van der Waals surface area contributed by atoms with E-state index in [0.29, 0.717) is 9.75 Å². The largest absolute Gasteiger partial charge is 0.479 e. The Morgan fingerprint density at radius 2 is 2.09 bits per heavy atom. The van der Waals surface area contributed by atoms with Crippen molar-refractivity contribution in [2.24, 2.45) is 5.73 Å². The lowest BCUT2D eigenvalue weighted by atomic mass is 9.98. The molecule has 3 rings (SSSR count). The lowest BCUT2D eigenvalue weighted by Crippen LogP contribution is -2.39. The van der Waals surface area contributed by atoms with E-state index in [1.54, 1.807) is 0 Å². The molecule has 23 heavy (non-hydrogen) atoms. The Morgan fingerprint density at radius 3 is 2.61 bits per heavy atom. The molecule has 2 aliphatic rings. The van der Waals surface area contributed by atoms with Gasteiger partial charge >= 0.3 is 28.4 Å². The van der Waals surface area contributed by atoms with Crippen molar-refractivity contribution in [1.29, 1.82) is 0 Å². The van der Waals surface area contributed by atoms with Crippen molar-refractivity contribution in [3.63, 3.8) is 0 Å². The number of carbonyl (C=O) groups is 3. The Kier molecular flexibility index (Phi) is 3.07. The van der Waals surface area contributed by atoms with E-state index in [0.717, 1.165) is 11.1 Å².